The molecule has 162 valence electrons. The van der Waals surface area contributed by atoms with E-state index < -0.39 is 25.7 Å². The van der Waals surface area contributed by atoms with Crippen LogP contribution in [0.3, 0.4) is 0 Å². The van der Waals surface area contributed by atoms with Gasteiger partial charge in [0.05, 0.1) is 18.0 Å². The number of rotatable bonds is 11. The molecule has 0 radical (unpaired) electrons. The van der Waals surface area contributed by atoms with Crippen LogP contribution in [-0.2, 0) is 40.6 Å². The highest BCUT2D eigenvalue weighted by Crippen LogP contribution is 2.49. The van der Waals surface area contributed by atoms with Gasteiger partial charge in [0, 0.05) is 7.11 Å². The Kier molecular flexibility index (Phi) is 9.83. The van der Waals surface area contributed by atoms with Crippen LogP contribution in [-0.4, -0.2) is 31.4 Å². The van der Waals surface area contributed by atoms with Crippen LogP contribution in [0.5, 0.6) is 0 Å². The lowest BCUT2D eigenvalue weighted by Crippen LogP contribution is -2.42. The molecule has 2 aromatic rings. The quantitative estimate of drug-likeness (QED) is 0.395. The average Bonchev–Trinajstić information content (AvgIpc) is 2.80. The zero-order valence-corrected chi connectivity index (χ0v) is 18.0. The predicted molar refractivity (Wildman–Crippen MR) is 111 cm³/mol. The molecule has 2 rings (SSSR count). The van der Waals surface area contributed by atoms with Crippen molar-refractivity contribution in [3.05, 3.63) is 71.8 Å². The molecule has 1 N–H and O–H groups in total. The summed E-state index contributed by atoms with van der Waals surface area (Å²) in [6.45, 7) is 0.0463. The van der Waals surface area contributed by atoms with Crippen molar-refractivity contribution in [2.24, 2.45) is 0 Å². The van der Waals surface area contributed by atoms with E-state index in [-0.39, 0.29) is 25.8 Å². The van der Waals surface area contributed by atoms with Crippen LogP contribution < -0.4 is 5.32 Å². The van der Waals surface area contributed by atoms with Gasteiger partial charge in [-0.05, 0) is 17.5 Å². The van der Waals surface area contributed by atoms with Crippen molar-refractivity contribution in [3.8, 4) is 0 Å². The fourth-order valence-corrected chi connectivity index (χ4v) is 3.68. The summed E-state index contributed by atoms with van der Waals surface area (Å²) >= 11 is 5.22. The van der Waals surface area contributed by atoms with Gasteiger partial charge in [0.1, 0.15) is 19.3 Å². The molecular weight excluding hydrogens is 433 g/mol. The number of carbonyl (C=O) groups excluding carboxylic acids is 2. The van der Waals surface area contributed by atoms with E-state index >= 15 is 0 Å². The maximum absolute atomic E-state index is 12.5. The lowest BCUT2D eigenvalue weighted by Gasteiger charge is -2.19. The van der Waals surface area contributed by atoms with Crippen LogP contribution in [0.1, 0.15) is 17.5 Å². The minimum absolute atomic E-state index is 0.0187. The molecule has 0 aliphatic heterocycles. The van der Waals surface area contributed by atoms with Crippen molar-refractivity contribution in [2.75, 3.05) is 13.3 Å². The molecule has 0 saturated heterocycles. The number of carbonyl (C=O) groups is 2. The SMILES string of the molecule is COP(=O)(CCC(NC(=O)OCc1ccccc1)C(=O)OCc1ccccc1)OCl. The summed E-state index contributed by atoms with van der Waals surface area (Å²) in [5, 5.41) is 2.43. The van der Waals surface area contributed by atoms with Crippen molar-refractivity contribution in [1.82, 2.24) is 5.32 Å². The van der Waals surface area contributed by atoms with Crippen LogP contribution in [0.25, 0.3) is 0 Å². The van der Waals surface area contributed by atoms with E-state index in [0.29, 0.717) is 0 Å². The molecule has 0 bridgehead atoms. The van der Waals surface area contributed by atoms with Gasteiger partial charge in [-0.25, -0.2) is 9.59 Å². The first-order chi connectivity index (χ1) is 14.5. The molecule has 0 heterocycles. The number of halogens is 1. The Labute approximate surface area is 180 Å². The second-order valence-corrected chi connectivity index (χ2v) is 8.81. The number of esters is 1. The molecular formula is C20H23ClNO7P. The molecule has 1 amide bonds. The standard InChI is InChI=1S/C20H23ClNO7P/c1-26-30(25,29-21)13-12-18(19(23)27-14-16-8-4-2-5-9-16)22-20(24)28-15-17-10-6-3-7-11-17/h2-11,18H,12-15H2,1H3,(H,22,24). The maximum Gasteiger partial charge on any atom is 0.408 e. The van der Waals surface area contributed by atoms with Gasteiger partial charge in [-0.15, -0.1) is 0 Å². The highest BCUT2D eigenvalue weighted by Gasteiger charge is 2.30. The zero-order chi connectivity index (χ0) is 21.8. The summed E-state index contributed by atoms with van der Waals surface area (Å²) in [6, 6.07) is 17.0. The molecule has 10 heteroatoms. The molecule has 0 fully saturated rings. The van der Waals surface area contributed by atoms with Crippen molar-refractivity contribution in [2.45, 2.75) is 25.7 Å². The molecule has 8 nitrogen and oxygen atoms in total. The minimum atomic E-state index is -3.59. The van der Waals surface area contributed by atoms with E-state index in [2.05, 4.69) is 9.39 Å². The van der Waals surface area contributed by atoms with Gasteiger partial charge in [0.2, 0.25) is 0 Å². The molecule has 0 aliphatic rings. The maximum atomic E-state index is 12.5. The Bertz CT molecular complexity index is 843. The Balaban J connectivity index is 1.97. The third-order valence-corrected chi connectivity index (χ3v) is 6.29. The summed E-state index contributed by atoms with van der Waals surface area (Å²) in [5.41, 5.74) is 1.57. The lowest BCUT2D eigenvalue weighted by atomic mass is 10.2. The number of ether oxygens (including phenoxy) is 2. The van der Waals surface area contributed by atoms with E-state index in [1.54, 1.807) is 24.3 Å². The third-order valence-electron chi connectivity index (χ3n) is 4.09. The van der Waals surface area contributed by atoms with E-state index in [9.17, 15) is 14.2 Å². The number of hydrogen-bond acceptors (Lipinski definition) is 7. The molecule has 2 aromatic carbocycles. The first-order valence-electron chi connectivity index (χ1n) is 9.08. The Morgan fingerprint density at radius 3 is 2.00 bits per heavy atom. The van der Waals surface area contributed by atoms with E-state index in [4.69, 9.17) is 25.9 Å². The van der Waals surface area contributed by atoms with Crippen LogP contribution >= 0.6 is 19.5 Å². The topological polar surface area (TPSA) is 100 Å². The van der Waals surface area contributed by atoms with E-state index in [1.165, 1.54) is 7.11 Å². The van der Waals surface area contributed by atoms with Gasteiger partial charge in [0.25, 0.3) is 0 Å². The Morgan fingerprint density at radius 2 is 1.50 bits per heavy atom. The summed E-state index contributed by atoms with van der Waals surface area (Å²) < 4.78 is 31.7. The predicted octanol–water partition coefficient (Wildman–Crippen LogP) is 4.42. The Hall–Kier alpha value is -2.38. The molecule has 0 saturated carbocycles. The van der Waals surface area contributed by atoms with Gasteiger partial charge in [0.15, 0.2) is 0 Å². The van der Waals surface area contributed by atoms with Crippen molar-refractivity contribution in [1.29, 1.82) is 0 Å². The van der Waals surface area contributed by atoms with Crippen LogP contribution in [0, 0.1) is 0 Å². The summed E-state index contributed by atoms with van der Waals surface area (Å²) in [6.07, 6.45) is -1.12. The summed E-state index contributed by atoms with van der Waals surface area (Å²) in [4.78, 5) is 24.7. The molecule has 0 aliphatic carbocycles. The number of hydrogen-bond donors (Lipinski definition) is 1. The fraction of sp³-hybridized carbons (Fsp3) is 0.300. The second-order valence-electron chi connectivity index (χ2n) is 6.23. The monoisotopic (exact) mass is 455 g/mol. The normalized spacial score (nSPS) is 13.7. The van der Waals surface area contributed by atoms with Crippen LogP contribution in [0.2, 0.25) is 0 Å². The van der Waals surface area contributed by atoms with Gasteiger partial charge >= 0.3 is 19.7 Å². The highest BCUT2D eigenvalue weighted by molar-refractivity contribution is 7.54. The number of nitrogens with one attached hydrogen (secondary N) is 1. The van der Waals surface area contributed by atoms with Gasteiger partial charge in [-0.1, -0.05) is 60.7 Å². The summed E-state index contributed by atoms with van der Waals surface area (Å²) in [5.74, 6) is -0.715. The van der Waals surface area contributed by atoms with E-state index in [1.807, 2.05) is 36.4 Å². The minimum Gasteiger partial charge on any atom is -0.459 e. The molecule has 0 aromatic heterocycles. The number of amides is 1. The summed E-state index contributed by atoms with van der Waals surface area (Å²) in [7, 11) is -2.42. The van der Waals surface area contributed by atoms with Gasteiger partial charge < -0.3 is 19.3 Å². The highest BCUT2D eigenvalue weighted by atomic mass is 35.5. The zero-order valence-electron chi connectivity index (χ0n) is 16.4. The van der Waals surface area contributed by atoms with Crippen LogP contribution in [0.15, 0.2) is 60.7 Å². The second kappa shape index (κ2) is 12.3. The first-order valence-corrected chi connectivity index (χ1v) is 11.1. The van der Waals surface area contributed by atoms with Crippen molar-refractivity contribution >= 4 is 31.5 Å². The smallest absolute Gasteiger partial charge is 0.408 e. The third kappa shape index (κ3) is 8.16. The van der Waals surface area contributed by atoms with Crippen molar-refractivity contribution < 1.29 is 32.2 Å². The number of alkyl carbamates (subject to hydrolysis) is 1. The lowest BCUT2D eigenvalue weighted by molar-refractivity contribution is -0.147. The van der Waals surface area contributed by atoms with Gasteiger partial charge in [-0.2, -0.15) is 4.08 Å². The molecule has 2 unspecified atom stereocenters. The van der Waals surface area contributed by atoms with E-state index in [0.717, 1.165) is 11.1 Å². The van der Waals surface area contributed by atoms with Crippen molar-refractivity contribution in [3.63, 3.8) is 0 Å². The van der Waals surface area contributed by atoms with Gasteiger partial charge in [-0.3, -0.25) is 4.57 Å². The van der Waals surface area contributed by atoms with Crippen LogP contribution in [0.4, 0.5) is 4.79 Å². The molecule has 30 heavy (non-hydrogen) atoms. The first kappa shape index (κ1) is 23.9. The average molecular weight is 456 g/mol. The fourth-order valence-electron chi connectivity index (χ4n) is 2.43. The largest absolute Gasteiger partial charge is 0.459 e. The molecule has 0 spiro atoms. The molecule has 2 atom stereocenters. The number of benzene rings is 2. The Morgan fingerprint density at radius 1 is 0.967 bits per heavy atom.